The van der Waals surface area contributed by atoms with Crippen LogP contribution < -0.4 is 24.3 Å². The Hall–Kier alpha value is -4.47. The van der Waals surface area contributed by atoms with Crippen LogP contribution in [0.2, 0.25) is 5.02 Å². The molecule has 3 aromatic carbocycles. The van der Waals surface area contributed by atoms with Gasteiger partial charge in [0.1, 0.15) is 23.1 Å². The molecule has 308 valence electrons. The highest BCUT2D eigenvalue weighted by Crippen LogP contribution is 2.58. The van der Waals surface area contributed by atoms with Crippen molar-refractivity contribution in [1.82, 2.24) is 4.98 Å². The normalized spacial score (nSPS) is 23.9. The summed E-state index contributed by atoms with van der Waals surface area (Å²) in [5.74, 6) is 3.87. The SMILES string of the molecule is COC(=O)C1(Nc2cccc(Cl)c2)CCC2(CC1)c1cc3c(cc1CC2C[C@@H](C)COc1ccnc2c1CCCC2)OCCC(CCOCc1ccc(OC)cc1)O3. The molecule has 0 radical (unpaired) electrons. The van der Waals surface area contributed by atoms with Crippen molar-refractivity contribution in [1.29, 1.82) is 0 Å². The van der Waals surface area contributed by atoms with E-state index in [0.717, 1.165) is 85.6 Å². The number of anilines is 1. The molecule has 4 aliphatic rings. The third-order valence-corrected chi connectivity index (χ3v) is 13.4. The van der Waals surface area contributed by atoms with E-state index in [0.29, 0.717) is 56.1 Å². The number of hydrogen-bond acceptors (Lipinski definition) is 9. The van der Waals surface area contributed by atoms with Crippen molar-refractivity contribution in [2.75, 3.05) is 39.4 Å². The van der Waals surface area contributed by atoms with E-state index in [-0.39, 0.29) is 17.5 Å². The Bertz CT molecular complexity index is 2050. The van der Waals surface area contributed by atoms with Gasteiger partial charge in [-0.25, -0.2) is 4.79 Å². The number of aryl methyl sites for hydroxylation is 1. The smallest absolute Gasteiger partial charge is 0.331 e. The first-order valence-electron chi connectivity index (χ1n) is 21.2. The fraction of sp³-hybridized carbons (Fsp3) is 0.500. The van der Waals surface area contributed by atoms with Crippen LogP contribution in [0.5, 0.6) is 23.0 Å². The van der Waals surface area contributed by atoms with Crippen molar-refractivity contribution in [3.05, 3.63) is 106 Å². The fourth-order valence-electron chi connectivity index (χ4n) is 10.0. The van der Waals surface area contributed by atoms with Gasteiger partial charge in [0.05, 0.1) is 40.6 Å². The third-order valence-electron chi connectivity index (χ3n) is 13.1. The predicted molar refractivity (Wildman–Crippen MR) is 226 cm³/mol. The molecule has 0 saturated heterocycles. The number of halogens is 1. The van der Waals surface area contributed by atoms with E-state index in [1.54, 1.807) is 7.11 Å². The summed E-state index contributed by atoms with van der Waals surface area (Å²) in [6.45, 7) is 4.67. The minimum atomic E-state index is -0.866. The van der Waals surface area contributed by atoms with E-state index in [4.69, 9.17) is 40.0 Å². The van der Waals surface area contributed by atoms with Gasteiger partial charge in [-0.15, -0.1) is 0 Å². The van der Waals surface area contributed by atoms with Crippen molar-refractivity contribution in [3.8, 4) is 23.0 Å². The van der Waals surface area contributed by atoms with Crippen LogP contribution in [0.4, 0.5) is 5.69 Å². The van der Waals surface area contributed by atoms with E-state index < -0.39 is 5.54 Å². The number of carbonyl (C=O) groups excluding carboxylic acids is 1. The molecule has 4 aromatic rings. The minimum Gasteiger partial charge on any atom is -0.497 e. The molecule has 1 saturated carbocycles. The number of benzene rings is 3. The standard InChI is InChI=1S/C48H57ClN2O7/c1-32(30-57-43-15-22-50-42-10-5-4-9-40(42)43)25-35-26-34-27-44-45(58-39(17-24-56-44)16-23-55-31-33-11-13-38(53-2)14-12-33)29-41(34)47(35)18-20-48(21-19-47,46(52)54-3)51-37-8-6-7-36(49)28-37/h6-8,11-15,22,27-29,32,35,39,51H,4-5,9-10,16-21,23-26,30-31H2,1-3H3/t32-,35?,39?,47?,48?/m1/s1. The number of ether oxygens (including phenoxy) is 6. The first-order valence-corrected chi connectivity index (χ1v) is 21.5. The maximum atomic E-state index is 13.7. The Morgan fingerprint density at radius 2 is 1.83 bits per heavy atom. The molecule has 2 heterocycles. The number of esters is 1. The average Bonchev–Trinajstić information content (AvgIpc) is 3.37. The van der Waals surface area contributed by atoms with Crippen LogP contribution in [-0.2, 0) is 45.6 Å². The molecule has 58 heavy (non-hydrogen) atoms. The molecule has 10 heteroatoms. The lowest BCUT2D eigenvalue weighted by Gasteiger charge is -2.47. The Morgan fingerprint density at radius 3 is 2.62 bits per heavy atom. The molecule has 8 rings (SSSR count). The average molecular weight is 809 g/mol. The molecule has 2 unspecified atom stereocenters. The van der Waals surface area contributed by atoms with Crippen LogP contribution in [-0.4, -0.2) is 56.6 Å². The number of fused-ring (bicyclic) bond motifs is 4. The second-order valence-corrected chi connectivity index (χ2v) is 17.3. The van der Waals surface area contributed by atoms with Gasteiger partial charge in [-0.1, -0.05) is 36.7 Å². The zero-order valence-corrected chi connectivity index (χ0v) is 34.9. The van der Waals surface area contributed by atoms with Crippen LogP contribution >= 0.6 is 11.6 Å². The van der Waals surface area contributed by atoms with Gasteiger partial charge >= 0.3 is 5.97 Å². The molecule has 1 aromatic heterocycles. The molecular weight excluding hydrogens is 752 g/mol. The van der Waals surface area contributed by atoms with E-state index in [9.17, 15) is 4.79 Å². The molecular formula is C48H57ClN2O7. The minimum absolute atomic E-state index is 0.0281. The van der Waals surface area contributed by atoms with Gasteiger partial charge < -0.3 is 33.7 Å². The summed E-state index contributed by atoms with van der Waals surface area (Å²) < 4.78 is 36.6. The van der Waals surface area contributed by atoms with Crippen LogP contribution in [0.25, 0.3) is 0 Å². The van der Waals surface area contributed by atoms with Gasteiger partial charge in [0.15, 0.2) is 11.5 Å². The quantitative estimate of drug-likeness (QED) is 0.0987. The Labute approximate surface area is 348 Å². The van der Waals surface area contributed by atoms with Crippen molar-refractivity contribution >= 4 is 23.3 Å². The van der Waals surface area contributed by atoms with Gasteiger partial charge in [0, 0.05) is 41.0 Å². The number of aromatic nitrogens is 1. The lowest BCUT2D eigenvalue weighted by Crippen LogP contribution is -2.53. The summed E-state index contributed by atoms with van der Waals surface area (Å²) in [5.41, 5.74) is 6.02. The van der Waals surface area contributed by atoms with E-state index in [2.05, 4.69) is 29.4 Å². The van der Waals surface area contributed by atoms with Crippen LogP contribution in [0.15, 0.2) is 72.9 Å². The second-order valence-electron chi connectivity index (χ2n) is 16.9. The van der Waals surface area contributed by atoms with Gasteiger partial charge in [0.25, 0.3) is 0 Å². The Balaban J connectivity index is 1.02. The summed E-state index contributed by atoms with van der Waals surface area (Å²) in [4.78, 5) is 18.4. The van der Waals surface area contributed by atoms with Crippen molar-refractivity contribution < 1.29 is 33.2 Å². The van der Waals surface area contributed by atoms with E-state index in [1.165, 1.54) is 42.3 Å². The monoisotopic (exact) mass is 808 g/mol. The maximum absolute atomic E-state index is 13.7. The number of carbonyl (C=O) groups is 1. The Kier molecular flexibility index (Phi) is 12.4. The lowest BCUT2D eigenvalue weighted by atomic mass is 9.59. The zero-order valence-electron chi connectivity index (χ0n) is 34.2. The van der Waals surface area contributed by atoms with Crippen LogP contribution in [0.1, 0.15) is 92.7 Å². The highest BCUT2D eigenvalue weighted by Gasteiger charge is 2.55. The van der Waals surface area contributed by atoms with Crippen molar-refractivity contribution in [3.63, 3.8) is 0 Å². The molecule has 1 fully saturated rings. The van der Waals surface area contributed by atoms with Crippen molar-refractivity contribution in [2.45, 2.75) is 108 Å². The first kappa shape index (κ1) is 40.3. The highest BCUT2D eigenvalue weighted by molar-refractivity contribution is 6.30. The van der Waals surface area contributed by atoms with Gasteiger partial charge in [-0.3, -0.25) is 4.98 Å². The fourth-order valence-corrected chi connectivity index (χ4v) is 10.2. The molecule has 1 N–H and O–H groups in total. The third kappa shape index (κ3) is 8.62. The summed E-state index contributed by atoms with van der Waals surface area (Å²) in [7, 11) is 3.16. The van der Waals surface area contributed by atoms with Gasteiger partial charge in [0.2, 0.25) is 0 Å². The number of nitrogens with zero attached hydrogens (tertiary/aromatic N) is 1. The highest BCUT2D eigenvalue weighted by atomic mass is 35.5. The maximum Gasteiger partial charge on any atom is 0.331 e. The number of pyridine rings is 1. The number of methoxy groups -OCH3 is 2. The summed E-state index contributed by atoms with van der Waals surface area (Å²) >= 11 is 6.39. The van der Waals surface area contributed by atoms with Crippen molar-refractivity contribution in [2.24, 2.45) is 11.8 Å². The molecule has 1 aliphatic heterocycles. The van der Waals surface area contributed by atoms with Gasteiger partial charge in [-0.2, -0.15) is 0 Å². The second kappa shape index (κ2) is 17.8. The Morgan fingerprint density at radius 1 is 1.00 bits per heavy atom. The summed E-state index contributed by atoms with van der Waals surface area (Å²) in [6.07, 6.45) is 12.7. The first-order chi connectivity index (χ1) is 28.3. The number of nitrogens with one attached hydrogen (secondary N) is 1. The predicted octanol–water partition coefficient (Wildman–Crippen LogP) is 9.87. The van der Waals surface area contributed by atoms with Gasteiger partial charge in [-0.05, 0) is 147 Å². The molecule has 3 atom stereocenters. The molecule has 9 nitrogen and oxygen atoms in total. The topological polar surface area (TPSA) is 97.4 Å². The summed E-state index contributed by atoms with van der Waals surface area (Å²) in [5, 5.41) is 4.21. The number of rotatable bonds is 14. The molecule has 3 aliphatic carbocycles. The lowest BCUT2D eigenvalue weighted by molar-refractivity contribution is -0.148. The van der Waals surface area contributed by atoms with Crippen LogP contribution in [0, 0.1) is 11.8 Å². The van der Waals surface area contributed by atoms with Crippen LogP contribution in [0.3, 0.4) is 0 Å². The van der Waals surface area contributed by atoms with E-state index >= 15 is 0 Å². The molecule has 0 amide bonds. The summed E-state index contributed by atoms with van der Waals surface area (Å²) in [6, 6.07) is 22.1. The number of hydrogen-bond donors (Lipinski definition) is 1. The molecule has 1 spiro atoms. The zero-order chi connectivity index (χ0) is 40.1. The van der Waals surface area contributed by atoms with E-state index in [1.807, 2.05) is 60.8 Å². The molecule has 0 bridgehead atoms. The largest absolute Gasteiger partial charge is 0.497 e.